The molecule has 1 amide bonds. The molecule has 0 fully saturated rings. The maximum Gasteiger partial charge on any atom is 0.250 e. The first-order valence-electron chi connectivity index (χ1n) is 7.19. The second-order valence-electron chi connectivity index (χ2n) is 5.03. The topological polar surface area (TPSA) is 92.3 Å². The normalized spacial score (nSPS) is 12.6. The predicted molar refractivity (Wildman–Crippen MR) is 103 cm³/mol. The van der Waals surface area contributed by atoms with Gasteiger partial charge in [-0.05, 0) is 36.9 Å². The maximum absolute atomic E-state index is 12.7. The number of carbonyl (C=O) groups excluding carboxylic acids is 1. The molecule has 25 heavy (non-hydrogen) atoms. The van der Waals surface area contributed by atoms with E-state index in [9.17, 15) is 13.2 Å². The maximum atomic E-state index is 12.7. The van der Waals surface area contributed by atoms with Crippen molar-refractivity contribution in [2.24, 2.45) is 0 Å². The molecule has 1 N–H and O–H groups in total. The molecule has 136 valence electrons. The minimum atomic E-state index is -3.69. The summed E-state index contributed by atoms with van der Waals surface area (Å²) in [4.78, 5) is 12.7. The second kappa shape index (κ2) is 8.35. The summed E-state index contributed by atoms with van der Waals surface area (Å²) in [6, 6.07) is 5.37. The molecule has 0 spiro atoms. The van der Waals surface area contributed by atoms with Gasteiger partial charge < -0.3 is 0 Å². The zero-order valence-corrected chi connectivity index (χ0v) is 17.0. The summed E-state index contributed by atoms with van der Waals surface area (Å²) in [5.41, 5.74) is 0.371. The fourth-order valence-electron chi connectivity index (χ4n) is 2.18. The van der Waals surface area contributed by atoms with Crippen molar-refractivity contribution in [2.75, 3.05) is 22.1 Å². The smallest absolute Gasteiger partial charge is 0.250 e. The van der Waals surface area contributed by atoms with Crippen LogP contribution in [0.2, 0.25) is 5.02 Å². The third-order valence-corrected chi connectivity index (χ3v) is 6.47. The Bertz CT molecular complexity index is 839. The lowest BCUT2D eigenvalue weighted by atomic mass is 10.2. The van der Waals surface area contributed by atoms with E-state index in [1.54, 1.807) is 31.2 Å². The Kier molecular flexibility index (Phi) is 6.66. The Morgan fingerprint density at radius 2 is 2.00 bits per heavy atom. The lowest BCUT2D eigenvalue weighted by Gasteiger charge is -2.29. The fraction of sp³-hybridized carbons (Fsp3) is 0.357. The molecule has 1 aromatic heterocycles. The predicted octanol–water partition coefficient (Wildman–Crippen LogP) is 3.10. The van der Waals surface area contributed by atoms with Crippen molar-refractivity contribution in [2.45, 2.75) is 23.7 Å². The van der Waals surface area contributed by atoms with E-state index in [4.69, 9.17) is 11.6 Å². The third-order valence-electron chi connectivity index (χ3n) is 3.22. The number of benzene rings is 1. The van der Waals surface area contributed by atoms with E-state index in [1.165, 1.54) is 23.1 Å². The van der Waals surface area contributed by atoms with E-state index in [1.807, 2.05) is 6.26 Å². The Hall–Kier alpha value is -1.36. The van der Waals surface area contributed by atoms with Crippen LogP contribution in [0.1, 0.15) is 13.3 Å². The van der Waals surface area contributed by atoms with Gasteiger partial charge in [0.2, 0.25) is 21.1 Å². The lowest BCUT2D eigenvalue weighted by molar-refractivity contribution is -0.117. The number of thioether (sulfide) groups is 1. The van der Waals surface area contributed by atoms with Crippen molar-refractivity contribution >= 4 is 61.4 Å². The fourth-order valence-corrected chi connectivity index (χ4v) is 4.69. The summed E-state index contributed by atoms with van der Waals surface area (Å²) < 4.78 is 26.4. The molecule has 0 aliphatic heterocycles. The van der Waals surface area contributed by atoms with Crippen LogP contribution in [0, 0.1) is 0 Å². The standard InChI is InChI=1S/C14H17ClN4O3S3/c1-4-11(12(20)16-13-17-18-14(23-2)24-13)19(25(3,21)22)10-7-5-9(15)6-8-10/h5-8,11H,4H2,1-3H3,(H,16,17,20). The summed E-state index contributed by atoms with van der Waals surface area (Å²) in [5.74, 6) is -0.466. The van der Waals surface area contributed by atoms with Crippen LogP contribution in [0.25, 0.3) is 0 Å². The van der Waals surface area contributed by atoms with Gasteiger partial charge in [0, 0.05) is 5.02 Å². The van der Waals surface area contributed by atoms with Gasteiger partial charge in [-0.1, -0.05) is 41.6 Å². The number of nitrogens with one attached hydrogen (secondary N) is 1. The number of halogens is 1. The third kappa shape index (κ3) is 5.06. The number of hydrogen-bond donors (Lipinski definition) is 1. The van der Waals surface area contributed by atoms with Gasteiger partial charge in [-0.15, -0.1) is 10.2 Å². The van der Waals surface area contributed by atoms with E-state index < -0.39 is 22.0 Å². The van der Waals surface area contributed by atoms with Crippen LogP contribution < -0.4 is 9.62 Å². The molecule has 11 heteroatoms. The average Bonchev–Trinajstić information content (AvgIpc) is 3.00. The van der Waals surface area contributed by atoms with E-state index in [2.05, 4.69) is 15.5 Å². The molecule has 0 radical (unpaired) electrons. The van der Waals surface area contributed by atoms with Crippen LogP contribution in [-0.2, 0) is 14.8 Å². The van der Waals surface area contributed by atoms with E-state index in [-0.39, 0.29) is 6.42 Å². The highest BCUT2D eigenvalue weighted by atomic mass is 35.5. The molecule has 0 saturated carbocycles. The van der Waals surface area contributed by atoms with Crippen molar-refractivity contribution < 1.29 is 13.2 Å². The molecular formula is C14H17ClN4O3S3. The Morgan fingerprint density at radius 3 is 2.48 bits per heavy atom. The van der Waals surface area contributed by atoms with Crippen molar-refractivity contribution in [1.82, 2.24) is 10.2 Å². The summed E-state index contributed by atoms with van der Waals surface area (Å²) >= 11 is 8.51. The SMILES string of the molecule is CCC(C(=O)Nc1nnc(SC)s1)N(c1ccc(Cl)cc1)S(C)(=O)=O. The van der Waals surface area contributed by atoms with E-state index >= 15 is 0 Å². The first-order valence-corrected chi connectivity index (χ1v) is 11.5. The molecule has 1 atom stereocenters. The van der Waals surface area contributed by atoms with Crippen LogP contribution in [0.15, 0.2) is 28.6 Å². The average molecular weight is 421 g/mol. The first-order chi connectivity index (χ1) is 11.8. The van der Waals surface area contributed by atoms with Gasteiger partial charge in [0.05, 0.1) is 11.9 Å². The van der Waals surface area contributed by atoms with Gasteiger partial charge in [0.15, 0.2) is 4.34 Å². The number of anilines is 2. The summed E-state index contributed by atoms with van der Waals surface area (Å²) in [6.45, 7) is 1.74. The minimum Gasteiger partial charge on any atom is -0.299 e. The number of carbonyl (C=O) groups is 1. The van der Waals surface area contributed by atoms with Gasteiger partial charge in [0.1, 0.15) is 6.04 Å². The van der Waals surface area contributed by atoms with E-state index in [0.717, 1.165) is 10.6 Å². The minimum absolute atomic E-state index is 0.287. The zero-order chi connectivity index (χ0) is 18.6. The highest BCUT2D eigenvalue weighted by Crippen LogP contribution is 2.26. The first kappa shape index (κ1) is 20.0. The molecule has 7 nitrogen and oxygen atoms in total. The molecule has 0 aliphatic rings. The van der Waals surface area contributed by atoms with E-state index in [0.29, 0.717) is 20.2 Å². The lowest BCUT2D eigenvalue weighted by Crippen LogP contribution is -2.46. The molecule has 1 aromatic carbocycles. The quantitative estimate of drug-likeness (QED) is 0.546. The number of aromatic nitrogens is 2. The highest BCUT2D eigenvalue weighted by Gasteiger charge is 2.32. The van der Waals surface area contributed by atoms with Gasteiger partial charge in [-0.3, -0.25) is 14.4 Å². The number of hydrogen-bond acceptors (Lipinski definition) is 7. The molecule has 0 bridgehead atoms. The summed E-state index contributed by atoms with van der Waals surface area (Å²) in [5, 5.41) is 11.2. The largest absolute Gasteiger partial charge is 0.299 e. The Labute approximate surface area is 159 Å². The zero-order valence-electron chi connectivity index (χ0n) is 13.8. The Balaban J connectivity index is 2.32. The van der Waals surface area contributed by atoms with Crippen LogP contribution in [0.5, 0.6) is 0 Å². The number of nitrogens with zero attached hydrogens (tertiary/aromatic N) is 3. The molecular weight excluding hydrogens is 404 g/mol. The van der Waals surface area contributed by atoms with Gasteiger partial charge >= 0.3 is 0 Å². The number of amides is 1. The van der Waals surface area contributed by atoms with Gasteiger partial charge in [0.25, 0.3) is 0 Å². The van der Waals surface area contributed by atoms with Crippen molar-refractivity contribution in [3.63, 3.8) is 0 Å². The van der Waals surface area contributed by atoms with Crippen molar-refractivity contribution in [1.29, 1.82) is 0 Å². The Morgan fingerprint density at radius 1 is 1.36 bits per heavy atom. The summed E-state index contributed by atoms with van der Waals surface area (Å²) in [7, 11) is -3.69. The molecule has 1 unspecified atom stereocenters. The molecule has 0 aliphatic carbocycles. The molecule has 2 aromatic rings. The number of sulfonamides is 1. The second-order valence-corrected chi connectivity index (χ2v) is 9.35. The summed E-state index contributed by atoms with van der Waals surface area (Å²) in [6.07, 6.45) is 3.21. The highest BCUT2D eigenvalue weighted by molar-refractivity contribution is 8.00. The monoisotopic (exact) mass is 420 g/mol. The molecule has 2 rings (SSSR count). The van der Waals surface area contributed by atoms with Gasteiger partial charge in [-0.2, -0.15) is 0 Å². The van der Waals surface area contributed by atoms with Crippen LogP contribution in [-0.4, -0.2) is 43.1 Å². The van der Waals surface area contributed by atoms with Crippen molar-refractivity contribution in [3.8, 4) is 0 Å². The molecule has 0 saturated heterocycles. The molecule has 1 heterocycles. The van der Waals surface area contributed by atoms with Crippen LogP contribution >= 0.6 is 34.7 Å². The number of rotatable bonds is 7. The van der Waals surface area contributed by atoms with Crippen LogP contribution in [0.4, 0.5) is 10.8 Å². The van der Waals surface area contributed by atoms with Crippen LogP contribution in [0.3, 0.4) is 0 Å². The van der Waals surface area contributed by atoms with Gasteiger partial charge in [-0.25, -0.2) is 8.42 Å². The van der Waals surface area contributed by atoms with Crippen molar-refractivity contribution in [3.05, 3.63) is 29.3 Å².